The van der Waals surface area contributed by atoms with Gasteiger partial charge in [0, 0.05) is 4.47 Å². The van der Waals surface area contributed by atoms with Crippen molar-refractivity contribution in [3.8, 4) is 6.07 Å². The molecule has 20 heavy (non-hydrogen) atoms. The van der Waals surface area contributed by atoms with Crippen molar-refractivity contribution < 1.29 is 4.79 Å². The first-order chi connectivity index (χ1) is 9.70. The van der Waals surface area contributed by atoms with Crippen LogP contribution in [0, 0.1) is 11.3 Å². The smallest absolute Gasteiger partial charge is 0.267 e. The molecule has 0 saturated heterocycles. The van der Waals surface area contributed by atoms with E-state index in [1.807, 2.05) is 12.1 Å². The Balaban J connectivity index is 2.01. The van der Waals surface area contributed by atoms with Gasteiger partial charge in [-0.3, -0.25) is 4.79 Å². The number of carbonyl (C=O) groups is 1. The van der Waals surface area contributed by atoms with E-state index in [4.69, 9.17) is 5.26 Å². The number of hydrogen-bond donors (Lipinski definition) is 1. The molecule has 2 rings (SSSR count). The van der Waals surface area contributed by atoms with Crippen LogP contribution in [0.3, 0.4) is 0 Å². The molecule has 0 unspecified atom stereocenters. The van der Waals surface area contributed by atoms with E-state index in [0.717, 1.165) is 5.56 Å². The molecule has 0 radical (unpaired) electrons. The Morgan fingerprint density at radius 3 is 2.55 bits per heavy atom. The average molecular weight is 328 g/mol. The maximum atomic E-state index is 11.9. The van der Waals surface area contributed by atoms with Gasteiger partial charge in [-0.2, -0.15) is 10.4 Å². The lowest BCUT2D eigenvalue weighted by atomic mass is 10.2. The molecule has 2 aromatic rings. The summed E-state index contributed by atoms with van der Waals surface area (Å²) in [5.41, 5.74) is 4.36. The molecule has 0 aromatic heterocycles. The summed E-state index contributed by atoms with van der Waals surface area (Å²) in [6.45, 7) is 0. The second-order valence-electron chi connectivity index (χ2n) is 3.91. The summed E-state index contributed by atoms with van der Waals surface area (Å²) in [4.78, 5) is 11.9. The number of benzene rings is 2. The van der Waals surface area contributed by atoms with Crippen molar-refractivity contribution in [3.63, 3.8) is 0 Å². The van der Waals surface area contributed by atoms with Crippen molar-refractivity contribution in [2.45, 2.75) is 0 Å². The summed E-state index contributed by atoms with van der Waals surface area (Å²) in [5, 5.41) is 12.6. The lowest BCUT2D eigenvalue weighted by molar-refractivity contribution is 0.0954. The molecule has 2 aromatic carbocycles. The predicted molar refractivity (Wildman–Crippen MR) is 80.4 cm³/mol. The number of amides is 1. The topological polar surface area (TPSA) is 65.2 Å². The van der Waals surface area contributed by atoms with Crippen LogP contribution in [-0.4, -0.2) is 12.1 Å². The molecule has 1 amide bonds. The molecule has 0 heterocycles. The minimum Gasteiger partial charge on any atom is -0.267 e. The standard InChI is InChI=1S/C15H10BrN3O/c16-14-4-2-1-3-13(14)15(20)19-18-10-12-7-5-11(9-17)6-8-12/h1-8,10H,(H,19,20)/b18-10+. The summed E-state index contributed by atoms with van der Waals surface area (Å²) in [7, 11) is 0. The maximum absolute atomic E-state index is 11.9. The highest BCUT2D eigenvalue weighted by molar-refractivity contribution is 9.10. The molecule has 0 aliphatic carbocycles. The third-order valence-corrected chi connectivity index (χ3v) is 3.23. The Labute approximate surface area is 124 Å². The Morgan fingerprint density at radius 2 is 1.90 bits per heavy atom. The summed E-state index contributed by atoms with van der Waals surface area (Å²) >= 11 is 3.31. The van der Waals surface area contributed by atoms with Gasteiger partial charge in [0.2, 0.25) is 0 Å². The van der Waals surface area contributed by atoms with Crippen molar-refractivity contribution in [1.29, 1.82) is 5.26 Å². The summed E-state index contributed by atoms with van der Waals surface area (Å²) in [5.74, 6) is -0.289. The lowest BCUT2D eigenvalue weighted by Crippen LogP contribution is -2.18. The Hall–Kier alpha value is -2.45. The van der Waals surface area contributed by atoms with Crippen molar-refractivity contribution in [3.05, 3.63) is 69.7 Å². The highest BCUT2D eigenvalue weighted by Crippen LogP contribution is 2.15. The van der Waals surface area contributed by atoms with Gasteiger partial charge in [0.05, 0.1) is 23.4 Å². The summed E-state index contributed by atoms with van der Waals surface area (Å²) in [6, 6.07) is 16.0. The number of nitrogens with one attached hydrogen (secondary N) is 1. The van der Waals surface area contributed by atoms with Gasteiger partial charge in [-0.15, -0.1) is 0 Å². The zero-order chi connectivity index (χ0) is 14.4. The van der Waals surface area contributed by atoms with E-state index in [-0.39, 0.29) is 5.91 Å². The predicted octanol–water partition coefficient (Wildman–Crippen LogP) is 3.08. The second-order valence-corrected chi connectivity index (χ2v) is 4.77. The van der Waals surface area contributed by atoms with Crippen LogP contribution < -0.4 is 5.43 Å². The van der Waals surface area contributed by atoms with E-state index in [1.54, 1.807) is 42.5 Å². The Morgan fingerprint density at radius 1 is 1.20 bits per heavy atom. The molecule has 0 aliphatic heterocycles. The minimum absolute atomic E-state index is 0.289. The summed E-state index contributed by atoms with van der Waals surface area (Å²) in [6.07, 6.45) is 1.52. The Kier molecular flexibility index (Phi) is 4.64. The van der Waals surface area contributed by atoms with Crippen LogP contribution in [0.5, 0.6) is 0 Å². The van der Waals surface area contributed by atoms with Gasteiger partial charge in [-0.05, 0) is 45.8 Å². The molecule has 4 nitrogen and oxygen atoms in total. The third kappa shape index (κ3) is 3.53. The third-order valence-electron chi connectivity index (χ3n) is 2.54. The fourth-order valence-corrected chi connectivity index (χ4v) is 1.98. The highest BCUT2D eigenvalue weighted by Gasteiger charge is 2.07. The first kappa shape index (κ1) is 14.0. The quantitative estimate of drug-likeness (QED) is 0.695. The zero-order valence-electron chi connectivity index (χ0n) is 10.4. The first-order valence-corrected chi connectivity index (χ1v) is 6.58. The normalized spacial score (nSPS) is 10.2. The fraction of sp³-hybridized carbons (Fsp3) is 0. The Bertz CT molecular complexity index is 687. The van der Waals surface area contributed by atoms with E-state index >= 15 is 0 Å². The van der Waals surface area contributed by atoms with Gasteiger partial charge in [-0.25, -0.2) is 5.43 Å². The van der Waals surface area contributed by atoms with Crippen molar-refractivity contribution in [2.24, 2.45) is 5.10 Å². The molecular weight excluding hydrogens is 318 g/mol. The van der Waals surface area contributed by atoms with E-state index in [2.05, 4.69) is 26.5 Å². The van der Waals surface area contributed by atoms with Gasteiger partial charge in [0.15, 0.2) is 0 Å². The molecule has 0 fully saturated rings. The molecule has 98 valence electrons. The largest absolute Gasteiger partial charge is 0.272 e. The van der Waals surface area contributed by atoms with Gasteiger partial charge in [0.25, 0.3) is 5.91 Å². The minimum atomic E-state index is -0.289. The molecule has 0 aliphatic rings. The number of halogens is 1. The second kappa shape index (κ2) is 6.64. The van der Waals surface area contributed by atoms with Gasteiger partial charge < -0.3 is 0 Å². The number of nitriles is 1. The van der Waals surface area contributed by atoms with Crippen LogP contribution in [0.4, 0.5) is 0 Å². The van der Waals surface area contributed by atoms with Crippen LogP contribution in [0.15, 0.2) is 58.1 Å². The zero-order valence-corrected chi connectivity index (χ0v) is 12.0. The summed E-state index contributed by atoms with van der Waals surface area (Å²) < 4.78 is 0.714. The van der Waals surface area contributed by atoms with Crippen LogP contribution >= 0.6 is 15.9 Å². The number of rotatable bonds is 3. The van der Waals surface area contributed by atoms with E-state index in [9.17, 15) is 4.79 Å². The van der Waals surface area contributed by atoms with Gasteiger partial charge in [-0.1, -0.05) is 24.3 Å². The molecule has 0 bridgehead atoms. The van der Waals surface area contributed by atoms with Crippen LogP contribution in [-0.2, 0) is 0 Å². The van der Waals surface area contributed by atoms with E-state index in [0.29, 0.717) is 15.6 Å². The lowest BCUT2D eigenvalue weighted by Gasteiger charge is -2.01. The van der Waals surface area contributed by atoms with Crippen molar-refractivity contribution >= 4 is 28.1 Å². The van der Waals surface area contributed by atoms with Gasteiger partial charge in [0.1, 0.15) is 0 Å². The molecule has 5 heteroatoms. The SMILES string of the molecule is N#Cc1ccc(/C=N/NC(=O)c2ccccc2Br)cc1. The van der Waals surface area contributed by atoms with Crippen molar-refractivity contribution in [1.82, 2.24) is 5.43 Å². The van der Waals surface area contributed by atoms with Crippen LogP contribution in [0.2, 0.25) is 0 Å². The monoisotopic (exact) mass is 327 g/mol. The van der Waals surface area contributed by atoms with Crippen LogP contribution in [0.1, 0.15) is 21.5 Å². The van der Waals surface area contributed by atoms with E-state index < -0.39 is 0 Å². The number of hydrogen-bond acceptors (Lipinski definition) is 3. The number of carbonyl (C=O) groups excluding carboxylic acids is 1. The maximum Gasteiger partial charge on any atom is 0.272 e. The average Bonchev–Trinajstić information content (AvgIpc) is 2.48. The van der Waals surface area contributed by atoms with Gasteiger partial charge >= 0.3 is 0 Å². The highest BCUT2D eigenvalue weighted by atomic mass is 79.9. The number of hydrazone groups is 1. The van der Waals surface area contributed by atoms with Crippen LogP contribution in [0.25, 0.3) is 0 Å². The molecule has 0 atom stereocenters. The molecule has 0 spiro atoms. The molecule has 1 N–H and O–H groups in total. The molecular formula is C15H10BrN3O. The van der Waals surface area contributed by atoms with Crippen molar-refractivity contribution in [2.75, 3.05) is 0 Å². The molecule has 0 saturated carbocycles. The fourth-order valence-electron chi connectivity index (χ4n) is 1.51. The number of nitrogens with zero attached hydrogens (tertiary/aromatic N) is 2. The van der Waals surface area contributed by atoms with E-state index in [1.165, 1.54) is 6.21 Å². The first-order valence-electron chi connectivity index (χ1n) is 5.79.